The molecule has 0 saturated heterocycles. The lowest BCUT2D eigenvalue weighted by molar-refractivity contribution is -0.146. The third kappa shape index (κ3) is 3.56. The summed E-state index contributed by atoms with van der Waals surface area (Å²) in [5.74, 6) is -2.57. The van der Waals surface area contributed by atoms with E-state index in [0.29, 0.717) is 0 Å². The predicted octanol–water partition coefficient (Wildman–Crippen LogP) is 1.50. The minimum atomic E-state index is -4.63. The number of aryl methyl sites for hydroxylation is 1. The Bertz CT molecular complexity index is 347. The fraction of sp³-hybridized carbons (Fsp3) is 0.571. The van der Waals surface area contributed by atoms with Crippen molar-refractivity contribution in [1.29, 1.82) is 0 Å². The third-order valence-corrected chi connectivity index (χ3v) is 1.50. The molecule has 0 bridgehead atoms. The lowest BCUT2D eigenvalue weighted by Crippen LogP contribution is -2.07. The van der Waals surface area contributed by atoms with Crippen LogP contribution in [0.5, 0.6) is 0 Å². The van der Waals surface area contributed by atoms with Gasteiger partial charge in [-0.15, -0.1) is 0 Å². The van der Waals surface area contributed by atoms with E-state index >= 15 is 0 Å². The van der Waals surface area contributed by atoms with Crippen molar-refractivity contribution >= 4 is 5.97 Å². The zero-order valence-corrected chi connectivity index (χ0v) is 7.41. The van der Waals surface area contributed by atoms with Crippen LogP contribution in [0.15, 0.2) is 4.52 Å². The van der Waals surface area contributed by atoms with Gasteiger partial charge in [0.1, 0.15) is 0 Å². The van der Waals surface area contributed by atoms with E-state index in [9.17, 15) is 18.0 Å². The fourth-order valence-corrected chi connectivity index (χ4v) is 0.862. The standard InChI is InChI=1S/C7H7F3N2O3/c8-7(9,10)6-11-4(15-12-6)2-1-3-5(13)14/h1-3H2,(H,13,14). The van der Waals surface area contributed by atoms with Gasteiger partial charge in [0.25, 0.3) is 5.82 Å². The molecule has 15 heavy (non-hydrogen) atoms. The Labute approximate surface area is 81.9 Å². The van der Waals surface area contributed by atoms with E-state index < -0.39 is 18.0 Å². The van der Waals surface area contributed by atoms with Crippen molar-refractivity contribution in [3.8, 4) is 0 Å². The highest BCUT2D eigenvalue weighted by Crippen LogP contribution is 2.26. The Kier molecular flexibility index (Phi) is 3.28. The van der Waals surface area contributed by atoms with Crippen LogP contribution in [0.1, 0.15) is 24.6 Å². The lowest BCUT2D eigenvalue weighted by atomic mass is 10.2. The molecule has 0 radical (unpaired) electrons. The van der Waals surface area contributed by atoms with Gasteiger partial charge in [0.05, 0.1) is 0 Å². The Morgan fingerprint density at radius 3 is 2.60 bits per heavy atom. The van der Waals surface area contributed by atoms with Crippen molar-refractivity contribution in [3.05, 3.63) is 11.7 Å². The average molecular weight is 224 g/mol. The summed E-state index contributed by atoms with van der Waals surface area (Å²) in [6.07, 6.45) is -4.59. The molecule has 0 unspecified atom stereocenters. The summed E-state index contributed by atoms with van der Waals surface area (Å²) in [7, 11) is 0. The van der Waals surface area contributed by atoms with Crippen molar-refractivity contribution in [2.75, 3.05) is 0 Å². The summed E-state index contributed by atoms with van der Waals surface area (Å²) in [6.45, 7) is 0. The average Bonchev–Trinajstić information content (AvgIpc) is 2.51. The van der Waals surface area contributed by atoms with Crippen LogP contribution in [-0.2, 0) is 17.4 Å². The number of carbonyl (C=O) groups is 1. The van der Waals surface area contributed by atoms with Crippen molar-refractivity contribution in [3.63, 3.8) is 0 Å². The number of hydrogen-bond acceptors (Lipinski definition) is 4. The first-order chi connectivity index (χ1) is 6.89. The van der Waals surface area contributed by atoms with Crippen LogP contribution in [0.25, 0.3) is 0 Å². The molecule has 0 aliphatic carbocycles. The minimum Gasteiger partial charge on any atom is -0.481 e. The molecule has 84 valence electrons. The topological polar surface area (TPSA) is 76.2 Å². The molecule has 5 nitrogen and oxygen atoms in total. The number of hydrogen-bond donors (Lipinski definition) is 1. The Hall–Kier alpha value is -1.60. The van der Waals surface area contributed by atoms with Crippen LogP contribution in [0, 0.1) is 0 Å². The molecule has 0 aliphatic heterocycles. The number of carboxylic acid groups (broad SMARTS) is 1. The van der Waals surface area contributed by atoms with Gasteiger partial charge in [-0.2, -0.15) is 18.2 Å². The second kappa shape index (κ2) is 4.28. The quantitative estimate of drug-likeness (QED) is 0.838. The van der Waals surface area contributed by atoms with Crippen molar-refractivity contribution in [2.45, 2.75) is 25.4 Å². The number of alkyl halides is 3. The molecule has 8 heteroatoms. The molecule has 1 aromatic rings. The normalized spacial score (nSPS) is 11.7. The van der Waals surface area contributed by atoms with Crippen LogP contribution in [0.4, 0.5) is 13.2 Å². The smallest absolute Gasteiger partial charge is 0.455 e. The zero-order chi connectivity index (χ0) is 11.5. The first-order valence-electron chi connectivity index (χ1n) is 4.01. The van der Waals surface area contributed by atoms with E-state index in [1.54, 1.807) is 0 Å². The molecule has 1 N–H and O–H groups in total. The summed E-state index contributed by atoms with van der Waals surface area (Å²) in [5, 5.41) is 11.0. The molecule has 1 heterocycles. The maximum absolute atomic E-state index is 12.0. The van der Waals surface area contributed by atoms with Crippen molar-refractivity contribution in [1.82, 2.24) is 10.1 Å². The third-order valence-electron chi connectivity index (χ3n) is 1.50. The molecule has 0 atom stereocenters. The number of aliphatic carboxylic acids is 1. The van der Waals surface area contributed by atoms with E-state index in [-0.39, 0.29) is 25.2 Å². The van der Waals surface area contributed by atoms with Gasteiger partial charge in [-0.05, 0) is 6.42 Å². The molecule has 0 spiro atoms. The van der Waals surface area contributed by atoms with E-state index in [0.717, 1.165) is 0 Å². The molecular formula is C7H7F3N2O3. The lowest BCUT2D eigenvalue weighted by Gasteiger charge is -1.96. The first-order valence-corrected chi connectivity index (χ1v) is 4.01. The zero-order valence-electron chi connectivity index (χ0n) is 7.41. The predicted molar refractivity (Wildman–Crippen MR) is 39.9 cm³/mol. The van der Waals surface area contributed by atoms with Crippen LogP contribution >= 0.6 is 0 Å². The van der Waals surface area contributed by atoms with Crippen LogP contribution in [-0.4, -0.2) is 21.2 Å². The number of aromatic nitrogens is 2. The van der Waals surface area contributed by atoms with Crippen molar-refractivity contribution < 1.29 is 27.6 Å². The van der Waals surface area contributed by atoms with Gasteiger partial charge < -0.3 is 9.63 Å². The highest BCUT2D eigenvalue weighted by Gasteiger charge is 2.37. The molecular weight excluding hydrogens is 217 g/mol. The van der Waals surface area contributed by atoms with Crippen LogP contribution in [0.2, 0.25) is 0 Å². The van der Waals surface area contributed by atoms with Crippen LogP contribution < -0.4 is 0 Å². The molecule has 0 saturated carbocycles. The second-order valence-electron chi connectivity index (χ2n) is 2.76. The van der Waals surface area contributed by atoms with E-state index in [1.165, 1.54) is 0 Å². The molecule has 0 aromatic carbocycles. The SMILES string of the molecule is O=C(O)CCCc1nc(C(F)(F)F)no1. The fourth-order valence-electron chi connectivity index (χ4n) is 0.862. The Morgan fingerprint density at radius 1 is 1.47 bits per heavy atom. The summed E-state index contributed by atoms with van der Waals surface area (Å²) < 4.78 is 40.2. The number of carboxylic acids is 1. The summed E-state index contributed by atoms with van der Waals surface area (Å²) in [6, 6.07) is 0. The maximum Gasteiger partial charge on any atom is 0.455 e. The van der Waals surface area contributed by atoms with Crippen LogP contribution in [0.3, 0.4) is 0 Å². The summed E-state index contributed by atoms with van der Waals surface area (Å²) in [5.41, 5.74) is 0. The molecule has 1 rings (SSSR count). The Morgan fingerprint density at radius 2 is 2.13 bits per heavy atom. The van der Waals surface area contributed by atoms with E-state index in [4.69, 9.17) is 5.11 Å². The highest BCUT2D eigenvalue weighted by molar-refractivity contribution is 5.66. The molecule has 0 aliphatic rings. The van der Waals surface area contributed by atoms with Crippen molar-refractivity contribution in [2.24, 2.45) is 0 Å². The number of rotatable bonds is 4. The number of halogens is 3. The molecule has 0 amide bonds. The Balaban J connectivity index is 2.50. The minimum absolute atomic E-state index is 0.0232. The van der Waals surface area contributed by atoms with Gasteiger partial charge >= 0.3 is 12.1 Å². The van der Waals surface area contributed by atoms with Gasteiger partial charge in [0, 0.05) is 12.8 Å². The summed E-state index contributed by atoms with van der Waals surface area (Å²) in [4.78, 5) is 13.2. The first kappa shape index (κ1) is 11.5. The van der Waals surface area contributed by atoms with Gasteiger partial charge in [0.2, 0.25) is 5.89 Å². The van der Waals surface area contributed by atoms with E-state index in [1.807, 2.05) is 0 Å². The summed E-state index contributed by atoms with van der Waals surface area (Å²) >= 11 is 0. The van der Waals surface area contributed by atoms with E-state index in [2.05, 4.69) is 14.7 Å². The van der Waals surface area contributed by atoms with Gasteiger partial charge in [-0.1, -0.05) is 5.16 Å². The van der Waals surface area contributed by atoms with Gasteiger partial charge in [-0.25, -0.2) is 0 Å². The molecule has 0 fully saturated rings. The monoisotopic (exact) mass is 224 g/mol. The highest BCUT2D eigenvalue weighted by atomic mass is 19.4. The van der Waals surface area contributed by atoms with Gasteiger partial charge in [-0.3, -0.25) is 4.79 Å². The van der Waals surface area contributed by atoms with Gasteiger partial charge in [0.15, 0.2) is 0 Å². The molecule has 1 aromatic heterocycles. The second-order valence-corrected chi connectivity index (χ2v) is 2.76. The maximum atomic E-state index is 12.0. The largest absolute Gasteiger partial charge is 0.481 e. The number of nitrogens with zero attached hydrogens (tertiary/aromatic N) is 2.